The Labute approximate surface area is 154 Å². The molecule has 2 aromatic carbocycles. The van der Waals surface area contributed by atoms with Gasteiger partial charge in [-0.25, -0.2) is 0 Å². The van der Waals surface area contributed by atoms with E-state index in [0.717, 1.165) is 29.0 Å². The van der Waals surface area contributed by atoms with Gasteiger partial charge < -0.3 is 15.0 Å². The fourth-order valence-corrected chi connectivity index (χ4v) is 3.25. The molecule has 3 rings (SSSR count). The van der Waals surface area contributed by atoms with E-state index in [1.165, 1.54) is 0 Å². The summed E-state index contributed by atoms with van der Waals surface area (Å²) in [6.07, 6.45) is 1.01. The van der Waals surface area contributed by atoms with Crippen molar-refractivity contribution in [3.63, 3.8) is 0 Å². The monoisotopic (exact) mass is 352 g/mol. The first-order chi connectivity index (χ1) is 12.6. The van der Waals surface area contributed by atoms with Crippen LogP contribution in [0, 0.1) is 12.8 Å². The zero-order valence-electron chi connectivity index (χ0n) is 15.2. The number of aryl methyl sites for hydroxylation is 1. The van der Waals surface area contributed by atoms with Gasteiger partial charge >= 0.3 is 0 Å². The highest BCUT2D eigenvalue weighted by molar-refractivity contribution is 6.00. The Kier molecular flexibility index (Phi) is 5.56. The molecular formula is C21H24N2O3. The van der Waals surface area contributed by atoms with Gasteiger partial charge in [-0.3, -0.25) is 9.59 Å². The smallest absolute Gasteiger partial charge is 0.227 e. The zero-order valence-corrected chi connectivity index (χ0v) is 15.2. The molecule has 1 fully saturated rings. The van der Waals surface area contributed by atoms with E-state index in [0.29, 0.717) is 13.1 Å². The number of carbonyl (C=O) groups is 2. The molecule has 2 aromatic rings. The van der Waals surface area contributed by atoms with Crippen molar-refractivity contribution in [1.29, 1.82) is 0 Å². The molecule has 1 saturated heterocycles. The second-order valence-electron chi connectivity index (χ2n) is 6.58. The summed E-state index contributed by atoms with van der Waals surface area (Å²) in [6, 6.07) is 15.6. The second kappa shape index (κ2) is 8.04. The zero-order chi connectivity index (χ0) is 18.5. The van der Waals surface area contributed by atoms with Gasteiger partial charge in [0, 0.05) is 25.2 Å². The maximum absolute atomic E-state index is 12.4. The third-order valence-electron chi connectivity index (χ3n) is 4.77. The van der Waals surface area contributed by atoms with Gasteiger partial charge in [-0.05, 0) is 42.7 Å². The third-order valence-corrected chi connectivity index (χ3v) is 4.77. The lowest BCUT2D eigenvalue weighted by Crippen LogP contribution is -2.34. The van der Waals surface area contributed by atoms with Crippen molar-refractivity contribution < 1.29 is 14.3 Å². The maximum atomic E-state index is 12.4. The normalized spacial score (nSPS) is 16.6. The molecule has 1 atom stereocenters. The number of rotatable bonds is 6. The Hall–Kier alpha value is -2.82. The average Bonchev–Trinajstić information content (AvgIpc) is 3.04. The van der Waals surface area contributed by atoms with Crippen LogP contribution in [0.5, 0.6) is 5.75 Å². The summed E-state index contributed by atoms with van der Waals surface area (Å²) < 4.78 is 5.14. The number of hydrogen-bond acceptors (Lipinski definition) is 3. The standard InChI is InChI=1S/C21H24N2O3/c1-15-5-3-4-6-19(15)23-14-17(13-20(23)24)21(25)22-12-11-16-7-9-18(26-2)10-8-16/h3-10,17H,11-14H2,1-2H3,(H,22,25). The molecule has 2 amide bonds. The molecule has 0 aromatic heterocycles. The Morgan fingerprint density at radius 3 is 2.62 bits per heavy atom. The first-order valence-electron chi connectivity index (χ1n) is 8.85. The van der Waals surface area contributed by atoms with Crippen LogP contribution in [0.2, 0.25) is 0 Å². The summed E-state index contributed by atoms with van der Waals surface area (Å²) >= 11 is 0. The molecular weight excluding hydrogens is 328 g/mol. The molecule has 5 heteroatoms. The van der Waals surface area contributed by atoms with E-state index in [1.807, 2.05) is 55.5 Å². The van der Waals surface area contributed by atoms with Gasteiger partial charge in [0.1, 0.15) is 5.75 Å². The molecule has 26 heavy (non-hydrogen) atoms. The summed E-state index contributed by atoms with van der Waals surface area (Å²) in [5.74, 6) is 0.481. The fraction of sp³-hybridized carbons (Fsp3) is 0.333. The molecule has 1 heterocycles. The summed E-state index contributed by atoms with van der Waals surface area (Å²) in [7, 11) is 1.64. The molecule has 0 saturated carbocycles. The highest BCUT2D eigenvalue weighted by atomic mass is 16.5. The summed E-state index contributed by atoms with van der Waals surface area (Å²) in [4.78, 5) is 26.5. The first kappa shape index (κ1) is 18.0. The highest BCUT2D eigenvalue weighted by Gasteiger charge is 2.35. The molecule has 1 aliphatic heterocycles. The molecule has 0 spiro atoms. The summed E-state index contributed by atoms with van der Waals surface area (Å²) in [6.45, 7) is 2.98. The number of nitrogens with one attached hydrogen (secondary N) is 1. The number of hydrogen-bond donors (Lipinski definition) is 1. The van der Waals surface area contributed by atoms with Crippen molar-refractivity contribution in [2.75, 3.05) is 25.1 Å². The fourth-order valence-electron chi connectivity index (χ4n) is 3.25. The number of anilines is 1. The summed E-state index contributed by atoms with van der Waals surface area (Å²) in [5.41, 5.74) is 3.07. The SMILES string of the molecule is COc1ccc(CCNC(=O)C2CC(=O)N(c3ccccc3C)C2)cc1. The lowest BCUT2D eigenvalue weighted by Gasteiger charge is -2.19. The lowest BCUT2D eigenvalue weighted by atomic mass is 10.1. The number of ether oxygens (including phenoxy) is 1. The van der Waals surface area contributed by atoms with Crippen molar-refractivity contribution in [2.45, 2.75) is 19.8 Å². The van der Waals surface area contributed by atoms with Crippen LogP contribution in [0.3, 0.4) is 0 Å². The van der Waals surface area contributed by atoms with Gasteiger partial charge in [-0.1, -0.05) is 30.3 Å². The van der Waals surface area contributed by atoms with E-state index in [9.17, 15) is 9.59 Å². The Morgan fingerprint density at radius 1 is 1.19 bits per heavy atom. The summed E-state index contributed by atoms with van der Waals surface area (Å²) in [5, 5.41) is 2.96. The number of para-hydroxylation sites is 1. The van der Waals surface area contributed by atoms with E-state index in [2.05, 4.69) is 5.32 Å². The molecule has 0 aliphatic carbocycles. The van der Waals surface area contributed by atoms with Crippen molar-refractivity contribution in [2.24, 2.45) is 5.92 Å². The predicted octanol–water partition coefficient (Wildman–Crippen LogP) is 2.72. The minimum absolute atomic E-state index is 0.00889. The average molecular weight is 352 g/mol. The number of benzene rings is 2. The molecule has 1 N–H and O–H groups in total. The number of amides is 2. The van der Waals surface area contributed by atoms with Crippen LogP contribution in [0.4, 0.5) is 5.69 Å². The van der Waals surface area contributed by atoms with Gasteiger partial charge in [0.05, 0.1) is 13.0 Å². The van der Waals surface area contributed by atoms with Gasteiger partial charge in [0.15, 0.2) is 0 Å². The Bertz CT molecular complexity index is 786. The van der Waals surface area contributed by atoms with Crippen LogP contribution in [0.25, 0.3) is 0 Å². The van der Waals surface area contributed by atoms with E-state index in [-0.39, 0.29) is 24.2 Å². The Balaban J connectivity index is 1.52. The lowest BCUT2D eigenvalue weighted by molar-refractivity contribution is -0.126. The number of carbonyl (C=O) groups excluding carboxylic acids is 2. The molecule has 0 radical (unpaired) electrons. The van der Waals surface area contributed by atoms with Gasteiger partial charge in [-0.2, -0.15) is 0 Å². The largest absolute Gasteiger partial charge is 0.497 e. The quantitative estimate of drug-likeness (QED) is 0.870. The molecule has 136 valence electrons. The van der Waals surface area contributed by atoms with E-state index >= 15 is 0 Å². The maximum Gasteiger partial charge on any atom is 0.227 e. The van der Waals surface area contributed by atoms with Crippen molar-refractivity contribution in [1.82, 2.24) is 5.32 Å². The van der Waals surface area contributed by atoms with Gasteiger partial charge in [-0.15, -0.1) is 0 Å². The Morgan fingerprint density at radius 2 is 1.92 bits per heavy atom. The second-order valence-corrected chi connectivity index (χ2v) is 6.58. The van der Waals surface area contributed by atoms with Crippen LogP contribution < -0.4 is 15.0 Å². The van der Waals surface area contributed by atoms with Crippen molar-refractivity contribution in [3.8, 4) is 5.75 Å². The van der Waals surface area contributed by atoms with Crippen LogP contribution in [-0.4, -0.2) is 32.0 Å². The first-order valence-corrected chi connectivity index (χ1v) is 8.85. The third kappa shape index (κ3) is 4.04. The van der Waals surface area contributed by atoms with Crippen molar-refractivity contribution in [3.05, 3.63) is 59.7 Å². The topological polar surface area (TPSA) is 58.6 Å². The molecule has 0 bridgehead atoms. The predicted molar refractivity (Wildman–Crippen MR) is 101 cm³/mol. The van der Waals surface area contributed by atoms with Crippen molar-refractivity contribution >= 4 is 17.5 Å². The van der Waals surface area contributed by atoms with Crippen LogP contribution in [0.15, 0.2) is 48.5 Å². The van der Waals surface area contributed by atoms with E-state index in [1.54, 1.807) is 12.0 Å². The van der Waals surface area contributed by atoms with Crippen LogP contribution in [-0.2, 0) is 16.0 Å². The number of nitrogens with zero attached hydrogens (tertiary/aromatic N) is 1. The highest BCUT2D eigenvalue weighted by Crippen LogP contribution is 2.27. The molecule has 5 nitrogen and oxygen atoms in total. The van der Waals surface area contributed by atoms with E-state index < -0.39 is 0 Å². The van der Waals surface area contributed by atoms with Gasteiger partial charge in [0.2, 0.25) is 11.8 Å². The minimum Gasteiger partial charge on any atom is -0.497 e. The number of methoxy groups -OCH3 is 1. The van der Waals surface area contributed by atoms with Crippen LogP contribution in [0.1, 0.15) is 17.5 Å². The van der Waals surface area contributed by atoms with Crippen LogP contribution >= 0.6 is 0 Å². The van der Waals surface area contributed by atoms with Gasteiger partial charge in [0.25, 0.3) is 0 Å². The molecule has 1 unspecified atom stereocenters. The molecule has 1 aliphatic rings. The minimum atomic E-state index is -0.294. The van der Waals surface area contributed by atoms with E-state index in [4.69, 9.17) is 4.74 Å².